The van der Waals surface area contributed by atoms with Crippen LogP contribution < -0.4 is 21.5 Å². The highest BCUT2D eigenvalue weighted by Crippen LogP contribution is 2.29. The summed E-state index contributed by atoms with van der Waals surface area (Å²) in [5.41, 5.74) is 0.431. The van der Waals surface area contributed by atoms with Gasteiger partial charge in [0.25, 0.3) is 5.56 Å². The predicted molar refractivity (Wildman–Crippen MR) is 190 cm³/mol. The molecule has 4 N–H and O–H groups in total. The van der Waals surface area contributed by atoms with Gasteiger partial charge in [-0.05, 0) is 103 Å². The van der Waals surface area contributed by atoms with Crippen LogP contribution in [0.25, 0.3) is 11.3 Å². The zero-order valence-electron chi connectivity index (χ0n) is 28.9. The molecule has 1 aliphatic rings. The van der Waals surface area contributed by atoms with E-state index in [9.17, 15) is 24.0 Å². The molecule has 1 saturated carbocycles. The first-order chi connectivity index (χ1) is 23.0. The van der Waals surface area contributed by atoms with E-state index in [2.05, 4.69) is 37.0 Å². The highest BCUT2D eigenvalue weighted by Gasteiger charge is 2.30. The predicted octanol–water partition coefficient (Wildman–Crippen LogP) is 6.39. The summed E-state index contributed by atoms with van der Waals surface area (Å²) in [5, 5.41) is 11.2. The summed E-state index contributed by atoms with van der Waals surface area (Å²) >= 11 is 3.44. The van der Waals surface area contributed by atoms with Gasteiger partial charge in [-0.1, -0.05) is 40.2 Å². The number of hydrogen-bond acceptors (Lipinski definition) is 7. The molecule has 1 fully saturated rings. The van der Waals surface area contributed by atoms with Crippen molar-refractivity contribution in [1.29, 1.82) is 0 Å². The van der Waals surface area contributed by atoms with E-state index in [1.165, 1.54) is 6.07 Å². The zero-order chi connectivity index (χ0) is 35.9. The van der Waals surface area contributed by atoms with Crippen LogP contribution in [-0.2, 0) is 25.5 Å². The molecule has 3 aromatic rings. The number of amides is 3. The number of rotatable bonds is 9. The van der Waals surface area contributed by atoms with Crippen molar-refractivity contribution in [2.24, 2.45) is 11.8 Å². The monoisotopic (exact) mass is 739 g/mol. The molecular weight excluding hydrogens is 694 g/mol. The van der Waals surface area contributed by atoms with E-state index in [0.29, 0.717) is 36.3 Å². The maximum atomic E-state index is 13.6. The number of H-pyrrole nitrogens is 1. The minimum Gasteiger partial charge on any atom is -0.444 e. The van der Waals surface area contributed by atoms with Gasteiger partial charge in [-0.3, -0.25) is 19.5 Å². The van der Waals surface area contributed by atoms with Crippen molar-refractivity contribution in [2.75, 3.05) is 11.9 Å². The SMILES string of the molecule is CC(C)(C)OC(=O)NCC1CCC(C(=O)NC(Cc2ccc(Br)cc2)C(=O)Nc2ccc(-c3cc(=O)[nH]n3C(=O)OC(C)(C)C)cc2)CC1. The molecule has 1 unspecified atom stereocenters. The molecule has 49 heavy (non-hydrogen) atoms. The van der Waals surface area contributed by atoms with Crippen LogP contribution in [-0.4, -0.2) is 57.6 Å². The fraction of sp³-hybridized carbons (Fsp3) is 0.472. The number of aromatic amines is 1. The van der Waals surface area contributed by atoms with Crippen molar-refractivity contribution in [2.45, 2.75) is 90.9 Å². The van der Waals surface area contributed by atoms with Crippen LogP contribution in [0.4, 0.5) is 15.3 Å². The molecule has 1 atom stereocenters. The molecule has 0 aliphatic heterocycles. The molecule has 2 aromatic carbocycles. The summed E-state index contributed by atoms with van der Waals surface area (Å²) in [4.78, 5) is 64.0. The minimum atomic E-state index is -0.845. The molecule has 12 nitrogen and oxygen atoms in total. The molecule has 3 amide bonds. The lowest BCUT2D eigenvalue weighted by Crippen LogP contribution is -2.48. The minimum absolute atomic E-state index is 0.182. The summed E-state index contributed by atoms with van der Waals surface area (Å²) in [7, 11) is 0. The summed E-state index contributed by atoms with van der Waals surface area (Å²) in [6.45, 7) is 11.1. The van der Waals surface area contributed by atoms with Crippen LogP contribution in [0.5, 0.6) is 0 Å². The average molecular weight is 741 g/mol. The Morgan fingerprint density at radius 2 is 1.51 bits per heavy atom. The fourth-order valence-electron chi connectivity index (χ4n) is 5.53. The first-order valence-electron chi connectivity index (χ1n) is 16.4. The van der Waals surface area contributed by atoms with Crippen molar-refractivity contribution in [3.8, 4) is 11.3 Å². The maximum Gasteiger partial charge on any atom is 0.434 e. The van der Waals surface area contributed by atoms with Crippen molar-refractivity contribution in [1.82, 2.24) is 20.4 Å². The second-order valence-electron chi connectivity index (χ2n) is 14.4. The number of aromatic nitrogens is 2. The van der Waals surface area contributed by atoms with E-state index in [4.69, 9.17) is 9.47 Å². The van der Waals surface area contributed by atoms with Gasteiger partial charge in [-0.25, -0.2) is 9.59 Å². The third kappa shape index (κ3) is 11.6. The molecule has 1 heterocycles. The van der Waals surface area contributed by atoms with Gasteiger partial charge in [0, 0.05) is 40.7 Å². The molecular formula is C36H46BrN5O7. The molecule has 0 radical (unpaired) electrons. The number of nitrogens with one attached hydrogen (secondary N) is 4. The standard InChI is InChI=1S/C36H46BrN5O7/c1-35(2,3)48-33(46)38-21-23-7-11-25(12-8-23)31(44)40-28(19-22-9-15-26(37)16-10-22)32(45)39-27-17-13-24(14-18-27)29-20-30(43)41-42(29)34(47)49-36(4,5)6/h9-10,13-18,20,23,25,28H,7-8,11-12,19,21H2,1-6H3,(H,38,46)(H,39,45)(H,40,44)(H,41,43). The number of carbonyl (C=O) groups is 4. The Morgan fingerprint density at radius 3 is 2.10 bits per heavy atom. The van der Waals surface area contributed by atoms with Crippen LogP contribution in [0.2, 0.25) is 0 Å². The van der Waals surface area contributed by atoms with E-state index in [-0.39, 0.29) is 30.1 Å². The number of carbonyl (C=O) groups excluding carboxylic acids is 4. The Labute approximate surface area is 294 Å². The van der Waals surface area contributed by atoms with E-state index in [0.717, 1.165) is 27.6 Å². The highest BCUT2D eigenvalue weighted by atomic mass is 79.9. The van der Waals surface area contributed by atoms with Gasteiger partial charge in [-0.2, -0.15) is 4.68 Å². The quantitative estimate of drug-likeness (QED) is 0.198. The van der Waals surface area contributed by atoms with Crippen LogP contribution in [0.15, 0.2) is 63.9 Å². The molecule has 1 aromatic heterocycles. The van der Waals surface area contributed by atoms with Gasteiger partial charge >= 0.3 is 12.2 Å². The first-order valence-corrected chi connectivity index (χ1v) is 17.2. The number of alkyl carbamates (subject to hydrolysis) is 1. The topological polar surface area (TPSA) is 161 Å². The molecule has 13 heteroatoms. The van der Waals surface area contributed by atoms with E-state index < -0.39 is 35.0 Å². The van der Waals surface area contributed by atoms with E-state index in [1.807, 2.05) is 45.0 Å². The average Bonchev–Trinajstić information content (AvgIpc) is 3.41. The number of benzene rings is 2. The van der Waals surface area contributed by atoms with Crippen LogP contribution in [0, 0.1) is 11.8 Å². The normalized spacial score (nSPS) is 17.0. The Balaban J connectivity index is 1.41. The van der Waals surface area contributed by atoms with Gasteiger partial charge < -0.3 is 25.4 Å². The Bertz CT molecular complexity index is 1680. The number of ether oxygens (including phenoxy) is 2. The molecule has 0 bridgehead atoms. The van der Waals surface area contributed by atoms with Crippen LogP contribution in [0.1, 0.15) is 72.8 Å². The fourth-order valence-corrected chi connectivity index (χ4v) is 5.80. The van der Waals surface area contributed by atoms with Crippen molar-refractivity contribution >= 4 is 45.6 Å². The Morgan fingerprint density at radius 1 is 0.898 bits per heavy atom. The Kier molecular flexibility index (Phi) is 12.1. The lowest BCUT2D eigenvalue weighted by atomic mass is 9.81. The smallest absolute Gasteiger partial charge is 0.434 e. The van der Waals surface area contributed by atoms with Gasteiger partial charge in [0.2, 0.25) is 11.8 Å². The first kappa shape index (κ1) is 37.4. The van der Waals surface area contributed by atoms with Crippen molar-refractivity contribution in [3.63, 3.8) is 0 Å². The third-order valence-electron chi connectivity index (χ3n) is 7.89. The van der Waals surface area contributed by atoms with Gasteiger partial charge in [-0.15, -0.1) is 0 Å². The van der Waals surface area contributed by atoms with Crippen LogP contribution >= 0.6 is 15.9 Å². The van der Waals surface area contributed by atoms with Crippen LogP contribution in [0.3, 0.4) is 0 Å². The number of halogens is 1. The van der Waals surface area contributed by atoms with Gasteiger partial charge in [0.05, 0.1) is 5.69 Å². The summed E-state index contributed by atoms with van der Waals surface area (Å²) in [5.74, 6) is -0.571. The second kappa shape index (κ2) is 15.9. The number of hydrogen-bond donors (Lipinski definition) is 4. The zero-order valence-corrected chi connectivity index (χ0v) is 30.4. The summed E-state index contributed by atoms with van der Waals surface area (Å²) < 4.78 is 12.7. The van der Waals surface area contributed by atoms with E-state index in [1.54, 1.807) is 45.0 Å². The molecule has 1 aliphatic carbocycles. The van der Waals surface area contributed by atoms with Crippen molar-refractivity contribution in [3.05, 3.63) is 75.0 Å². The summed E-state index contributed by atoms with van der Waals surface area (Å²) in [6, 6.07) is 14.7. The number of nitrogens with zero attached hydrogens (tertiary/aromatic N) is 1. The molecule has 264 valence electrons. The van der Waals surface area contributed by atoms with E-state index >= 15 is 0 Å². The molecule has 0 spiro atoms. The second-order valence-corrected chi connectivity index (χ2v) is 15.3. The Hall–Kier alpha value is -4.39. The molecule has 0 saturated heterocycles. The molecule has 4 rings (SSSR count). The third-order valence-corrected chi connectivity index (χ3v) is 8.42. The van der Waals surface area contributed by atoms with Crippen molar-refractivity contribution < 1.29 is 28.7 Å². The largest absolute Gasteiger partial charge is 0.444 e. The summed E-state index contributed by atoms with van der Waals surface area (Å²) in [6.07, 6.45) is 1.94. The van der Waals surface area contributed by atoms with Gasteiger partial charge in [0.15, 0.2) is 0 Å². The lowest BCUT2D eigenvalue weighted by molar-refractivity contribution is -0.130. The highest BCUT2D eigenvalue weighted by molar-refractivity contribution is 9.10. The van der Waals surface area contributed by atoms with Gasteiger partial charge in [0.1, 0.15) is 17.2 Å². The number of anilines is 1. The maximum absolute atomic E-state index is 13.6. The lowest BCUT2D eigenvalue weighted by Gasteiger charge is -2.29.